The van der Waals surface area contributed by atoms with Crippen molar-refractivity contribution in [2.45, 2.75) is 24.6 Å². The van der Waals surface area contributed by atoms with Crippen molar-refractivity contribution in [3.63, 3.8) is 0 Å². The molecule has 0 unspecified atom stereocenters. The van der Waals surface area contributed by atoms with Crippen LogP contribution in [-0.4, -0.2) is 29.0 Å². The average Bonchev–Trinajstić information content (AvgIpc) is 2.83. The summed E-state index contributed by atoms with van der Waals surface area (Å²) in [6.07, 6.45) is -3.68. The molecule has 34 heavy (non-hydrogen) atoms. The zero-order valence-corrected chi connectivity index (χ0v) is 18.7. The minimum Gasteiger partial charge on any atom is -0.457 e. The zero-order chi connectivity index (χ0) is 24.5. The van der Waals surface area contributed by atoms with E-state index in [1.807, 2.05) is 12.1 Å². The van der Waals surface area contributed by atoms with E-state index in [-0.39, 0.29) is 30.1 Å². The lowest BCUT2D eigenvalue weighted by atomic mass is 9.93. The van der Waals surface area contributed by atoms with Gasteiger partial charge in [0.2, 0.25) is 0 Å². The van der Waals surface area contributed by atoms with E-state index in [2.05, 4.69) is 0 Å². The normalized spacial score (nSPS) is 12.4. The summed E-state index contributed by atoms with van der Waals surface area (Å²) in [6.45, 7) is -0.712. The van der Waals surface area contributed by atoms with Crippen LogP contribution in [0.3, 0.4) is 0 Å². The summed E-state index contributed by atoms with van der Waals surface area (Å²) < 4.78 is 46.1. The van der Waals surface area contributed by atoms with Crippen molar-refractivity contribution in [2.24, 2.45) is 5.73 Å². The van der Waals surface area contributed by atoms with Gasteiger partial charge in [0.05, 0.1) is 24.3 Å². The molecule has 1 aromatic heterocycles. The standard InChI is InChI=1S/C25H22F3NO4S/c26-25(27,28)16-2-1-3-17(11-16)33-18-5-7-22-20(12-18)23(32)19-10-15(4-6-21(19)34-22)8-9-24(29,13-30)14-31/h1-7,10-12,30-31H,8-9,13-14,29H2. The molecular formula is C25H22F3NO4S. The SMILES string of the molecule is NC(CO)(CO)CCc1ccc2sc3ccc(Oc4cccc(C(F)(F)F)c4)cc3c(=O)c2c1. The molecule has 3 aromatic carbocycles. The van der Waals surface area contributed by atoms with Crippen molar-refractivity contribution in [3.05, 3.63) is 82.0 Å². The number of aryl methyl sites for hydroxylation is 1. The van der Waals surface area contributed by atoms with Crippen LogP contribution in [0.25, 0.3) is 20.2 Å². The van der Waals surface area contributed by atoms with E-state index in [1.54, 1.807) is 18.2 Å². The van der Waals surface area contributed by atoms with Crippen molar-refractivity contribution in [3.8, 4) is 11.5 Å². The van der Waals surface area contributed by atoms with Crippen LogP contribution in [0.5, 0.6) is 11.5 Å². The number of alkyl halides is 3. The minimum atomic E-state index is -4.48. The molecular weight excluding hydrogens is 467 g/mol. The van der Waals surface area contributed by atoms with E-state index in [9.17, 15) is 28.2 Å². The molecule has 0 spiro atoms. The van der Waals surface area contributed by atoms with Crippen LogP contribution in [0.15, 0.2) is 65.5 Å². The molecule has 178 valence electrons. The van der Waals surface area contributed by atoms with Gasteiger partial charge in [-0.1, -0.05) is 12.1 Å². The van der Waals surface area contributed by atoms with Crippen molar-refractivity contribution in [2.75, 3.05) is 13.2 Å². The highest BCUT2D eigenvalue weighted by Gasteiger charge is 2.30. The molecule has 9 heteroatoms. The van der Waals surface area contributed by atoms with Crippen LogP contribution in [0.1, 0.15) is 17.5 Å². The van der Waals surface area contributed by atoms with Gasteiger partial charge < -0.3 is 20.7 Å². The first-order valence-corrected chi connectivity index (χ1v) is 11.3. The van der Waals surface area contributed by atoms with Gasteiger partial charge in [-0.3, -0.25) is 4.79 Å². The second kappa shape index (κ2) is 9.34. The molecule has 0 fully saturated rings. The molecule has 5 nitrogen and oxygen atoms in total. The maximum atomic E-state index is 13.2. The third kappa shape index (κ3) is 5.07. The van der Waals surface area contributed by atoms with Gasteiger partial charge in [0.15, 0.2) is 5.43 Å². The fourth-order valence-corrected chi connectivity index (χ4v) is 4.61. The Balaban J connectivity index is 1.67. The second-order valence-electron chi connectivity index (χ2n) is 8.23. The van der Waals surface area contributed by atoms with Crippen molar-refractivity contribution in [1.29, 1.82) is 0 Å². The Bertz CT molecular complexity index is 1400. The lowest BCUT2D eigenvalue weighted by Crippen LogP contribution is -2.47. The number of benzene rings is 3. The highest BCUT2D eigenvalue weighted by molar-refractivity contribution is 7.24. The molecule has 4 rings (SSSR count). The predicted octanol–water partition coefficient (Wildman–Crippen LogP) is 4.84. The first-order chi connectivity index (χ1) is 16.1. The van der Waals surface area contributed by atoms with E-state index in [1.165, 1.54) is 29.5 Å². The molecule has 0 atom stereocenters. The Morgan fingerprint density at radius 2 is 1.53 bits per heavy atom. The lowest BCUT2D eigenvalue weighted by Gasteiger charge is -2.24. The fraction of sp³-hybridized carbons (Fsp3) is 0.240. The number of hydrogen-bond donors (Lipinski definition) is 3. The Morgan fingerprint density at radius 1 is 0.882 bits per heavy atom. The van der Waals surface area contributed by atoms with Gasteiger partial charge in [-0.15, -0.1) is 11.3 Å². The Morgan fingerprint density at radius 3 is 2.21 bits per heavy atom. The van der Waals surface area contributed by atoms with E-state index < -0.39 is 17.3 Å². The van der Waals surface area contributed by atoms with Crippen LogP contribution < -0.4 is 15.9 Å². The Kier molecular flexibility index (Phi) is 6.64. The summed E-state index contributed by atoms with van der Waals surface area (Å²) in [4.78, 5) is 13.2. The molecule has 0 bridgehead atoms. The molecule has 0 saturated heterocycles. The summed E-state index contributed by atoms with van der Waals surface area (Å²) in [5, 5.41) is 19.7. The van der Waals surface area contributed by atoms with E-state index >= 15 is 0 Å². The first kappa shape index (κ1) is 24.2. The second-order valence-corrected chi connectivity index (χ2v) is 9.31. The number of ether oxygens (including phenoxy) is 1. The number of halogens is 3. The van der Waals surface area contributed by atoms with Crippen LogP contribution in [0, 0.1) is 0 Å². The van der Waals surface area contributed by atoms with Crippen molar-refractivity contribution < 1.29 is 28.1 Å². The van der Waals surface area contributed by atoms with Gasteiger partial charge in [-0.25, -0.2) is 0 Å². The summed E-state index contributed by atoms with van der Waals surface area (Å²) in [5.41, 5.74) is 4.64. The van der Waals surface area contributed by atoms with Crippen LogP contribution in [0.2, 0.25) is 0 Å². The number of aliphatic hydroxyl groups excluding tert-OH is 2. The van der Waals surface area contributed by atoms with E-state index in [4.69, 9.17) is 10.5 Å². The van der Waals surface area contributed by atoms with E-state index in [0.717, 1.165) is 27.1 Å². The molecule has 0 amide bonds. The van der Waals surface area contributed by atoms with Gasteiger partial charge in [-0.2, -0.15) is 13.2 Å². The number of nitrogens with two attached hydrogens (primary N) is 1. The average molecular weight is 490 g/mol. The van der Waals surface area contributed by atoms with Crippen molar-refractivity contribution >= 4 is 31.5 Å². The van der Waals surface area contributed by atoms with Gasteiger partial charge in [-0.05, 0) is 66.9 Å². The monoisotopic (exact) mass is 489 g/mol. The van der Waals surface area contributed by atoms with Gasteiger partial charge in [0.1, 0.15) is 11.5 Å². The quantitative estimate of drug-likeness (QED) is 0.323. The molecule has 0 aliphatic carbocycles. The smallest absolute Gasteiger partial charge is 0.416 e. The number of hydrogen-bond acceptors (Lipinski definition) is 6. The zero-order valence-electron chi connectivity index (χ0n) is 17.9. The predicted molar refractivity (Wildman–Crippen MR) is 127 cm³/mol. The summed E-state index contributed by atoms with van der Waals surface area (Å²) in [7, 11) is 0. The topological polar surface area (TPSA) is 92.8 Å². The number of fused-ring (bicyclic) bond motifs is 2. The molecule has 0 aliphatic heterocycles. The lowest BCUT2D eigenvalue weighted by molar-refractivity contribution is -0.137. The molecule has 0 radical (unpaired) electrons. The fourth-order valence-electron chi connectivity index (χ4n) is 3.58. The molecule has 4 N–H and O–H groups in total. The summed E-state index contributed by atoms with van der Waals surface area (Å²) in [6, 6.07) is 14.9. The number of aliphatic hydroxyl groups is 2. The molecule has 4 aromatic rings. The number of rotatable bonds is 7. The highest BCUT2D eigenvalue weighted by atomic mass is 32.1. The van der Waals surface area contributed by atoms with Crippen LogP contribution in [0.4, 0.5) is 13.2 Å². The third-order valence-corrected chi connectivity index (χ3v) is 6.79. The summed E-state index contributed by atoms with van der Waals surface area (Å²) >= 11 is 1.42. The van der Waals surface area contributed by atoms with Gasteiger partial charge in [0.25, 0.3) is 0 Å². The Labute approximate surface area is 196 Å². The molecule has 1 heterocycles. The minimum absolute atomic E-state index is 0.0198. The van der Waals surface area contributed by atoms with Crippen molar-refractivity contribution in [1.82, 2.24) is 0 Å². The van der Waals surface area contributed by atoms with Crippen LogP contribution in [-0.2, 0) is 12.6 Å². The maximum absolute atomic E-state index is 13.2. The van der Waals surface area contributed by atoms with E-state index in [0.29, 0.717) is 23.6 Å². The first-order valence-electron chi connectivity index (χ1n) is 10.5. The molecule has 0 aliphatic rings. The van der Waals surface area contributed by atoms with Gasteiger partial charge in [0, 0.05) is 20.2 Å². The molecule has 0 saturated carbocycles. The maximum Gasteiger partial charge on any atom is 0.416 e. The van der Waals surface area contributed by atoms with Gasteiger partial charge >= 0.3 is 6.18 Å². The Hall–Kier alpha value is -2.98. The van der Waals surface area contributed by atoms with Crippen LogP contribution >= 0.6 is 11.3 Å². The highest BCUT2D eigenvalue weighted by Crippen LogP contribution is 2.34. The largest absolute Gasteiger partial charge is 0.457 e. The summed E-state index contributed by atoms with van der Waals surface area (Å²) in [5.74, 6) is 0.275. The third-order valence-electron chi connectivity index (χ3n) is 5.64.